The van der Waals surface area contributed by atoms with Crippen molar-refractivity contribution >= 4 is 11.0 Å². The maximum atomic E-state index is 9.25. The molecule has 7 nitrogen and oxygen atoms in total. The van der Waals surface area contributed by atoms with Crippen molar-refractivity contribution in [3.05, 3.63) is 31.0 Å². The SMILES string of the molecule is NCC1(n2cc(-c3ncnc4[nH]ccc34)cn2)CC(CO)C1. The Kier molecular flexibility index (Phi) is 2.98. The van der Waals surface area contributed by atoms with Crippen LogP contribution >= 0.6 is 0 Å². The van der Waals surface area contributed by atoms with E-state index >= 15 is 0 Å². The van der Waals surface area contributed by atoms with Crippen LogP contribution in [0.4, 0.5) is 0 Å². The first-order valence-corrected chi connectivity index (χ1v) is 7.40. The highest BCUT2D eigenvalue weighted by atomic mass is 16.3. The van der Waals surface area contributed by atoms with Crippen LogP contribution in [0.25, 0.3) is 22.3 Å². The number of hydrogen-bond acceptors (Lipinski definition) is 5. The van der Waals surface area contributed by atoms with E-state index in [1.165, 1.54) is 0 Å². The van der Waals surface area contributed by atoms with Crippen LogP contribution in [0.1, 0.15) is 12.8 Å². The van der Waals surface area contributed by atoms with Crippen molar-refractivity contribution in [3.8, 4) is 11.3 Å². The standard InChI is InChI=1S/C15H18N6O/c16-8-15(3-10(4-15)7-22)21-6-11(5-20-21)13-12-1-2-17-14(12)19-9-18-13/h1-2,5-6,9-10,22H,3-4,7-8,16H2,(H,17,18,19). The highest BCUT2D eigenvalue weighted by Crippen LogP contribution is 2.43. The minimum absolute atomic E-state index is 0.171. The molecule has 4 N–H and O–H groups in total. The number of aromatic amines is 1. The van der Waals surface area contributed by atoms with Crippen LogP contribution in [0.5, 0.6) is 0 Å². The third-order valence-corrected chi connectivity index (χ3v) is 4.67. The maximum Gasteiger partial charge on any atom is 0.141 e. The minimum Gasteiger partial charge on any atom is -0.396 e. The van der Waals surface area contributed by atoms with E-state index in [0.29, 0.717) is 12.5 Å². The number of rotatable bonds is 4. The first kappa shape index (κ1) is 13.4. The summed E-state index contributed by atoms with van der Waals surface area (Å²) in [6.45, 7) is 0.736. The molecule has 4 rings (SSSR count). The van der Waals surface area contributed by atoms with Crippen LogP contribution in [0.15, 0.2) is 31.0 Å². The fourth-order valence-electron chi connectivity index (χ4n) is 3.40. The monoisotopic (exact) mass is 298 g/mol. The summed E-state index contributed by atoms with van der Waals surface area (Å²) in [5, 5.41) is 14.7. The van der Waals surface area contributed by atoms with E-state index in [4.69, 9.17) is 5.73 Å². The van der Waals surface area contributed by atoms with Gasteiger partial charge >= 0.3 is 0 Å². The Morgan fingerprint density at radius 2 is 2.27 bits per heavy atom. The molecule has 3 aromatic rings. The number of aliphatic hydroxyl groups is 1. The molecule has 0 aromatic carbocycles. The number of H-pyrrole nitrogens is 1. The lowest BCUT2D eigenvalue weighted by Crippen LogP contribution is -2.52. The molecule has 1 fully saturated rings. The first-order chi connectivity index (χ1) is 10.8. The van der Waals surface area contributed by atoms with E-state index in [9.17, 15) is 5.11 Å². The van der Waals surface area contributed by atoms with Crippen LogP contribution in [0, 0.1) is 5.92 Å². The molecule has 0 radical (unpaired) electrons. The van der Waals surface area contributed by atoms with Crippen molar-refractivity contribution < 1.29 is 5.11 Å². The van der Waals surface area contributed by atoms with Crippen molar-refractivity contribution in [2.75, 3.05) is 13.2 Å². The summed E-state index contributed by atoms with van der Waals surface area (Å²) in [4.78, 5) is 11.7. The fourth-order valence-corrected chi connectivity index (χ4v) is 3.40. The number of aromatic nitrogens is 5. The average molecular weight is 298 g/mol. The molecule has 7 heteroatoms. The van der Waals surface area contributed by atoms with E-state index in [-0.39, 0.29) is 12.1 Å². The molecule has 0 saturated heterocycles. The summed E-state index contributed by atoms with van der Waals surface area (Å²) in [6, 6.07) is 1.96. The zero-order valence-electron chi connectivity index (χ0n) is 12.1. The summed E-state index contributed by atoms with van der Waals surface area (Å²) >= 11 is 0. The van der Waals surface area contributed by atoms with Gasteiger partial charge in [0.15, 0.2) is 0 Å². The van der Waals surface area contributed by atoms with Crippen LogP contribution in [-0.2, 0) is 5.54 Å². The highest BCUT2D eigenvalue weighted by molar-refractivity contribution is 5.89. The predicted octanol–water partition coefficient (Wildman–Crippen LogP) is 0.878. The zero-order chi connectivity index (χ0) is 15.2. The van der Waals surface area contributed by atoms with Crippen LogP contribution in [0.2, 0.25) is 0 Å². The van der Waals surface area contributed by atoms with E-state index in [1.54, 1.807) is 6.33 Å². The summed E-state index contributed by atoms with van der Waals surface area (Å²) in [5.41, 5.74) is 8.43. The molecule has 0 amide bonds. The van der Waals surface area contributed by atoms with Gasteiger partial charge in [-0.05, 0) is 24.8 Å². The van der Waals surface area contributed by atoms with Crippen molar-refractivity contribution in [3.63, 3.8) is 0 Å². The Labute approximate surface area is 127 Å². The Balaban J connectivity index is 1.71. The lowest BCUT2D eigenvalue weighted by molar-refractivity contribution is 0.0237. The fraction of sp³-hybridized carbons (Fsp3) is 0.400. The number of fused-ring (bicyclic) bond motifs is 1. The van der Waals surface area contributed by atoms with Gasteiger partial charge in [0, 0.05) is 36.5 Å². The number of nitrogens with one attached hydrogen (secondary N) is 1. The number of hydrogen-bond donors (Lipinski definition) is 3. The summed E-state index contributed by atoms with van der Waals surface area (Å²) < 4.78 is 1.94. The molecule has 0 spiro atoms. The van der Waals surface area contributed by atoms with Gasteiger partial charge in [0.2, 0.25) is 0 Å². The van der Waals surface area contributed by atoms with Crippen molar-refractivity contribution in [1.82, 2.24) is 24.7 Å². The lowest BCUT2D eigenvalue weighted by atomic mass is 9.68. The molecule has 22 heavy (non-hydrogen) atoms. The third kappa shape index (κ3) is 1.86. The van der Waals surface area contributed by atoms with Crippen LogP contribution < -0.4 is 5.73 Å². The smallest absolute Gasteiger partial charge is 0.141 e. The molecule has 1 aliphatic rings. The van der Waals surface area contributed by atoms with Gasteiger partial charge in [-0.15, -0.1) is 0 Å². The molecule has 1 aliphatic carbocycles. The van der Waals surface area contributed by atoms with Gasteiger partial charge in [-0.2, -0.15) is 5.10 Å². The normalized spacial score (nSPS) is 24.5. The molecule has 0 atom stereocenters. The van der Waals surface area contributed by atoms with Gasteiger partial charge < -0.3 is 15.8 Å². The molecular weight excluding hydrogens is 280 g/mol. The number of nitrogens with two attached hydrogens (primary N) is 1. The first-order valence-electron chi connectivity index (χ1n) is 7.40. The lowest BCUT2D eigenvalue weighted by Gasteiger charge is -2.46. The Hall–Kier alpha value is -2.25. The molecule has 3 aromatic heterocycles. The maximum absolute atomic E-state index is 9.25. The van der Waals surface area contributed by atoms with Crippen molar-refractivity contribution in [1.29, 1.82) is 0 Å². The second kappa shape index (κ2) is 4.89. The zero-order valence-corrected chi connectivity index (χ0v) is 12.1. The Morgan fingerprint density at radius 1 is 1.41 bits per heavy atom. The molecule has 0 unspecified atom stereocenters. The van der Waals surface area contributed by atoms with Gasteiger partial charge in [-0.1, -0.05) is 0 Å². The molecule has 0 bridgehead atoms. The Morgan fingerprint density at radius 3 is 3.05 bits per heavy atom. The molecule has 1 saturated carbocycles. The summed E-state index contributed by atoms with van der Waals surface area (Å²) in [5.74, 6) is 0.326. The average Bonchev–Trinajstić information content (AvgIpc) is 3.16. The van der Waals surface area contributed by atoms with Gasteiger partial charge in [-0.3, -0.25) is 4.68 Å². The topological polar surface area (TPSA) is 106 Å². The largest absolute Gasteiger partial charge is 0.396 e. The third-order valence-electron chi connectivity index (χ3n) is 4.67. The molecule has 114 valence electrons. The highest BCUT2D eigenvalue weighted by Gasteiger charge is 2.45. The van der Waals surface area contributed by atoms with E-state index in [0.717, 1.165) is 35.1 Å². The summed E-state index contributed by atoms with van der Waals surface area (Å²) in [6.07, 6.45) is 8.95. The van der Waals surface area contributed by atoms with E-state index < -0.39 is 0 Å². The predicted molar refractivity (Wildman–Crippen MR) is 81.9 cm³/mol. The van der Waals surface area contributed by atoms with Gasteiger partial charge in [0.1, 0.15) is 12.0 Å². The van der Waals surface area contributed by atoms with Gasteiger partial charge in [0.05, 0.1) is 17.4 Å². The van der Waals surface area contributed by atoms with E-state index in [2.05, 4.69) is 20.1 Å². The molecule has 3 heterocycles. The van der Waals surface area contributed by atoms with Crippen LogP contribution in [-0.4, -0.2) is 43.0 Å². The number of nitrogens with zero attached hydrogens (tertiary/aromatic N) is 4. The van der Waals surface area contributed by atoms with E-state index in [1.807, 2.05) is 29.3 Å². The van der Waals surface area contributed by atoms with Gasteiger partial charge in [-0.25, -0.2) is 9.97 Å². The van der Waals surface area contributed by atoms with Crippen molar-refractivity contribution in [2.24, 2.45) is 11.7 Å². The quantitative estimate of drug-likeness (QED) is 0.663. The van der Waals surface area contributed by atoms with Crippen LogP contribution in [0.3, 0.4) is 0 Å². The second-order valence-corrected chi connectivity index (χ2v) is 6.02. The molecule has 0 aliphatic heterocycles. The summed E-state index contributed by atoms with van der Waals surface area (Å²) in [7, 11) is 0. The van der Waals surface area contributed by atoms with Crippen molar-refractivity contribution in [2.45, 2.75) is 18.4 Å². The Bertz CT molecular complexity index is 801. The second-order valence-electron chi connectivity index (χ2n) is 6.02. The van der Waals surface area contributed by atoms with Gasteiger partial charge in [0.25, 0.3) is 0 Å². The number of aliphatic hydroxyl groups excluding tert-OH is 1. The molecular formula is C15H18N6O. The minimum atomic E-state index is -0.171.